The van der Waals surface area contributed by atoms with E-state index in [1.54, 1.807) is 11.3 Å². The van der Waals surface area contributed by atoms with Gasteiger partial charge in [0.15, 0.2) is 4.96 Å². The van der Waals surface area contributed by atoms with Crippen molar-refractivity contribution in [2.24, 2.45) is 5.41 Å². The molecule has 0 amide bonds. The van der Waals surface area contributed by atoms with Gasteiger partial charge in [-0.1, -0.05) is 13.8 Å². The zero-order valence-electron chi connectivity index (χ0n) is 13.1. The maximum atomic E-state index is 11.6. The fraction of sp³-hybridized carbons (Fsp3) is 0.625. The molecule has 1 fully saturated rings. The Balaban J connectivity index is 1.75. The zero-order valence-corrected chi connectivity index (χ0v) is 13.9. The van der Waals surface area contributed by atoms with Crippen LogP contribution in [0.5, 0.6) is 0 Å². The smallest absolute Gasteiger partial charge is 0.310 e. The second-order valence-electron chi connectivity index (χ2n) is 6.17. The van der Waals surface area contributed by atoms with E-state index in [1.807, 2.05) is 19.2 Å². The highest BCUT2D eigenvalue weighted by atomic mass is 32.1. The van der Waals surface area contributed by atoms with E-state index in [0.29, 0.717) is 31.8 Å². The van der Waals surface area contributed by atoms with E-state index in [9.17, 15) is 9.90 Å². The van der Waals surface area contributed by atoms with Crippen molar-refractivity contribution in [3.8, 4) is 0 Å². The van der Waals surface area contributed by atoms with Gasteiger partial charge in [-0.15, -0.1) is 11.3 Å². The molecule has 2 aromatic heterocycles. The number of thiazole rings is 1. The molecule has 2 heterocycles. The average molecular weight is 321 g/mol. The molecule has 0 unspecified atom stereocenters. The lowest BCUT2D eigenvalue weighted by Crippen LogP contribution is -2.40. The average Bonchev–Trinajstić information content (AvgIpc) is 3.15. The first-order valence-corrected chi connectivity index (χ1v) is 8.87. The summed E-state index contributed by atoms with van der Waals surface area (Å²) in [5, 5.41) is 14.9. The van der Waals surface area contributed by atoms with Crippen LogP contribution in [0.15, 0.2) is 11.6 Å². The van der Waals surface area contributed by atoms with Crippen molar-refractivity contribution in [1.29, 1.82) is 0 Å². The molecule has 6 heteroatoms. The van der Waals surface area contributed by atoms with E-state index in [0.717, 1.165) is 4.96 Å². The number of rotatable bonds is 8. The maximum Gasteiger partial charge on any atom is 0.310 e. The van der Waals surface area contributed by atoms with Crippen molar-refractivity contribution >= 4 is 22.3 Å². The van der Waals surface area contributed by atoms with E-state index < -0.39 is 11.4 Å². The van der Waals surface area contributed by atoms with Crippen LogP contribution in [-0.2, 0) is 11.3 Å². The number of carbonyl (C=O) groups is 1. The molecule has 2 N–H and O–H groups in total. The van der Waals surface area contributed by atoms with Gasteiger partial charge in [-0.05, 0) is 25.7 Å². The first kappa shape index (κ1) is 15.5. The molecule has 0 bridgehead atoms. The Morgan fingerprint density at radius 1 is 1.50 bits per heavy atom. The number of aromatic nitrogens is 2. The van der Waals surface area contributed by atoms with Crippen molar-refractivity contribution in [2.45, 2.75) is 52.0 Å². The minimum absolute atomic E-state index is 0.497. The normalized spacial score (nSPS) is 15.5. The number of carboxylic acids is 1. The highest BCUT2D eigenvalue weighted by Gasteiger charge is 2.35. The Bertz CT molecular complexity index is 668. The van der Waals surface area contributed by atoms with Crippen LogP contribution in [0.2, 0.25) is 0 Å². The van der Waals surface area contributed by atoms with Crippen LogP contribution in [0, 0.1) is 5.41 Å². The maximum absolute atomic E-state index is 11.6. The Labute approximate surface area is 134 Å². The number of carboxylic acid groups (broad SMARTS) is 1. The van der Waals surface area contributed by atoms with Gasteiger partial charge in [0.2, 0.25) is 0 Å². The van der Waals surface area contributed by atoms with Gasteiger partial charge < -0.3 is 10.4 Å². The SMILES string of the molecule is CCC(CC)(CNCc1c(C2CC2)nc2sccn12)C(=O)O. The van der Waals surface area contributed by atoms with Crippen LogP contribution in [0.3, 0.4) is 0 Å². The van der Waals surface area contributed by atoms with Gasteiger partial charge in [0.25, 0.3) is 0 Å². The minimum atomic E-state index is -0.707. The van der Waals surface area contributed by atoms with Crippen molar-refractivity contribution in [3.05, 3.63) is 23.0 Å². The lowest BCUT2D eigenvalue weighted by Gasteiger charge is -2.27. The second-order valence-corrected chi connectivity index (χ2v) is 7.04. The Morgan fingerprint density at radius 2 is 2.23 bits per heavy atom. The number of hydrogen-bond acceptors (Lipinski definition) is 4. The van der Waals surface area contributed by atoms with Gasteiger partial charge in [-0.25, -0.2) is 4.98 Å². The van der Waals surface area contributed by atoms with Gasteiger partial charge in [-0.2, -0.15) is 0 Å². The number of nitrogens with zero attached hydrogens (tertiary/aromatic N) is 2. The molecule has 2 aromatic rings. The molecule has 0 aromatic carbocycles. The van der Waals surface area contributed by atoms with Gasteiger partial charge in [0.1, 0.15) is 0 Å². The topological polar surface area (TPSA) is 66.6 Å². The summed E-state index contributed by atoms with van der Waals surface area (Å²) in [6, 6.07) is 0. The van der Waals surface area contributed by atoms with E-state index in [2.05, 4.69) is 15.9 Å². The number of hydrogen-bond donors (Lipinski definition) is 2. The Morgan fingerprint density at radius 3 is 2.82 bits per heavy atom. The molecule has 0 aliphatic heterocycles. The molecule has 0 saturated heterocycles. The van der Waals surface area contributed by atoms with Crippen LogP contribution in [0.25, 0.3) is 4.96 Å². The summed E-state index contributed by atoms with van der Waals surface area (Å²) in [4.78, 5) is 17.4. The summed E-state index contributed by atoms with van der Waals surface area (Å²) < 4.78 is 2.14. The monoisotopic (exact) mass is 321 g/mol. The molecule has 120 valence electrons. The van der Waals surface area contributed by atoms with Crippen molar-refractivity contribution in [2.75, 3.05) is 6.54 Å². The molecule has 3 rings (SSSR count). The molecule has 22 heavy (non-hydrogen) atoms. The minimum Gasteiger partial charge on any atom is -0.481 e. The second kappa shape index (κ2) is 6.01. The summed E-state index contributed by atoms with van der Waals surface area (Å²) in [6.45, 7) is 5.07. The molecular weight excluding hydrogens is 298 g/mol. The molecule has 5 nitrogen and oxygen atoms in total. The summed E-state index contributed by atoms with van der Waals surface area (Å²) in [7, 11) is 0. The molecule has 0 radical (unpaired) electrons. The summed E-state index contributed by atoms with van der Waals surface area (Å²) in [5.41, 5.74) is 1.73. The molecule has 0 atom stereocenters. The van der Waals surface area contributed by atoms with Gasteiger partial charge in [0, 0.05) is 30.6 Å². The molecule has 0 spiro atoms. The predicted molar refractivity (Wildman–Crippen MR) is 87.4 cm³/mol. The van der Waals surface area contributed by atoms with E-state index >= 15 is 0 Å². The zero-order chi connectivity index (χ0) is 15.7. The highest BCUT2D eigenvalue weighted by molar-refractivity contribution is 7.15. The third-order valence-electron chi connectivity index (χ3n) is 4.92. The number of nitrogens with one attached hydrogen (secondary N) is 1. The predicted octanol–water partition coefficient (Wildman–Crippen LogP) is 3.25. The van der Waals surface area contributed by atoms with Crippen molar-refractivity contribution in [1.82, 2.24) is 14.7 Å². The summed E-state index contributed by atoms with van der Waals surface area (Å²) in [6.07, 6.45) is 5.78. The quantitative estimate of drug-likeness (QED) is 0.783. The van der Waals surface area contributed by atoms with E-state index in [4.69, 9.17) is 4.98 Å². The first-order valence-electron chi connectivity index (χ1n) is 7.99. The van der Waals surface area contributed by atoms with Crippen molar-refractivity contribution in [3.63, 3.8) is 0 Å². The van der Waals surface area contributed by atoms with Crippen LogP contribution in [0.1, 0.15) is 56.8 Å². The fourth-order valence-electron chi connectivity index (χ4n) is 3.01. The molecule has 1 saturated carbocycles. The molecular formula is C16H23N3O2S. The lowest BCUT2D eigenvalue weighted by atomic mass is 9.82. The third kappa shape index (κ3) is 2.65. The summed E-state index contributed by atoms with van der Waals surface area (Å²) in [5.74, 6) is -0.105. The van der Waals surface area contributed by atoms with Crippen LogP contribution in [-0.4, -0.2) is 27.0 Å². The Hall–Kier alpha value is -1.40. The molecule has 1 aliphatic carbocycles. The molecule has 1 aliphatic rings. The lowest BCUT2D eigenvalue weighted by molar-refractivity contribution is -0.149. The standard InChI is InChI=1S/C16H23N3O2S/c1-3-16(4-2,14(20)21)10-17-9-12-13(11-5-6-11)18-15-19(12)7-8-22-15/h7-8,11,17H,3-6,9-10H2,1-2H3,(H,20,21). The van der Waals surface area contributed by atoms with Gasteiger partial charge in [0.05, 0.1) is 16.8 Å². The number of aliphatic carboxylic acids is 1. The van der Waals surface area contributed by atoms with Gasteiger partial charge in [-0.3, -0.25) is 9.20 Å². The van der Waals surface area contributed by atoms with Crippen LogP contribution in [0.4, 0.5) is 0 Å². The first-order chi connectivity index (χ1) is 10.6. The fourth-order valence-corrected chi connectivity index (χ4v) is 3.75. The van der Waals surface area contributed by atoms with Crippen LogP contribution < -0.4 is 5.32 Å². The highest BCUT2D eigenvalue weighted by Crippen LogP contribution is 2.41. The third-order valence-corrected chi connectivity index (χ3v) is 5.68. The largest absolute Gasteiger partial charge is 0.481 e. The number of fused-ring (bicyclic) bond motifs is 1. The Kier molecular flexibility index (Phi) is 4.23. The van der Waals surface area contributed by atoms with E-state index in [-0.39, 0.29) is 0 Å². The van der Waals surface area contributed by atoms with Crippen molar-refractivity contribution < 1.29 is 9.90 Å². The number of imidazole rings is 1. The summed E-state index contributed by atoms with van der Waals surface area (Å²) >= 11 is 1.65. The van der Waals surface area contributed by atoms with Crippen LogP contribution >= 0.6 is 11.3 Å². The van der Waals surface area contributed by atoms with Gasteiger partial charge >= 0.3 is 5.97 Å². The van der Waals surface area contributed by atoms with E-state index in [1.165, 1.54) is 24.2 Å².